The molecule has 0 spiro atoms. The molecule has 1 aromatic carbocycles. The summed E-state index contributed by atoms with van der Waals surface area (Å²) in [5.41, 5.74) is 0.761. The third-order valence-corrected chi connectivity index (χ3v) is 3.45. The van der Waals surface area contributed by atoms with Gasteiger partial charge in [0.15, 0.2) is 0 Å². The molecule has 0 aliphatic rings. The molecule has 1 atom stereocenters. The first kappa shape index (κ1) is 17.4. The minimum Gasteiger partial charge on any atom is -0.389 e. The second-order valence-electron chi connectivity index (χ2n) is 5.27. The van der Waals surface area contributed by atoms with E-state index in [4.69, 9.17) is 4.74 Å². The normalized spacial score (nSPS) is 12.7. The fourth-order valence-corrected chi connectivity index (χ4v) is 2.09. The van der Waals surface area contributed by atoms with E-state index >= 15 is 0 Å². The molecule has 1 aromatic rings. The van der Waals surface area contributed by atoms with Crippen molar-refractivity contribution in [1.82, 2.24) is 0 Å². The van der Waals surface area contributed by atoms with Gasteiger partial charge in [-0.1, -0.05) is 13.8 Å². The molecular formula is C15H23BrFNO2. The van der Waals surface area contributed by atoms with Crippen molar-refractivity contribution < 1.29 is 14.2 Å². The van der Waals surface area contributed by atoms with Crippen molar-refractivity contribution in [3.05, 3.63) is 28.5 Å². The lowest BCUT2D eigenvalue weighted by Crippen LogP contribution is -2.25. The van der Waals surface area contributed by atoms with Crippen LogP contribution < -0.4 is 5.32 Å². The lowest BCUT2D eigenvalue weighted by atomic mass is 10.1. The molecule has 0 bridgehead atoms. The molecule has 0 heterocycles. The number of rotatable bonds is 9. The van der Waals surface area contributed by atoms with Gasteiger partial charge in [0.05, 0.1) is 17.2 Å². The van der Waals surface area contributed by atoms with Crippen LogP contribution in [0.25, 0.3) is 0 Å². The Bertz CT molecular complexity index is 401. The summed E-state index contributed by atoms with van der Waals surface area (Å²) in [6, 6.07) is 4.66. The molecule has 0 radical (unpaired) electrons. The highest BCUT2D eigenvalue weighted by Crippen LogP contribution is 2.19. The van der Waals surface area contributed by atoms with Crippen molar-refractivity contribution in [2.75, 3.05) is 25.1 Å². The molecule has 2 N–H and O–H groups in total. The van der Waals surface area contributed by atoms with Gasteiger partial charge in [-0.15, -0.1) is 0 Å². The van der Waals surface area contributed by atoms with Crippen LogP contribution in [0, 0.1) is 11.7 Å². The van der Waals surface area contributed by atoms with Gasteiger partial charge in [-0.3, -0.25) is 0 Å². The van der Waals surface area contributed by atoms with Gasteiger partial charge in [0.25, 0.3) is 0 Å². The minimum absolute atomic E-state index is 0.301. The third-order valence-electron chi connectivity index (χ3n) is 2.84. The first-order valence-electron chi connectivity index (χ1n) is 6.93. The maximum Gasteiger partial charge on any atom is 0.137 e. The van der Waals surface area contributed by atoms with E-state index in [-0.39, 0.29) is 5.82 Å². The van der Waals surface area contributed by atoms with Crippen molar-refractivity contribution in [1.29, 1.82) is 0 Å². The van der Waals surface area contributed by atoms with Crippen LogP contribution >= 0.6 is 15.9 Å². The van der Waals surface area contributed by atoms with Crippen molar-refractivity contribution in [2.45, 2.75) is 32.8 Å². The van der Waals surface area contributed by atoms with Gasteiger partial charge in [-0.25, -0.2) is 4.39 Å². The van der Waals surface area contributed by atoms with Crippen LogP contribution in [0.5, 0.6) is 0 Å². The maximum absolute atomic E-state index is 13.0. The topological polar surface area (TPSA) is 41.5 Å². The SMILES string of the molecule is CC(C)CCCOCC(O)CNc1ccc(F)c(Br)c1. The van der Waals surface area contributed by atoms with Crippen LogP contribution in [0.15, 0.2) is 22.7 Å². The zero-order valence-corrected chi connectivity index (χ0v) is 13.6. The monoisotopic (exact) mass is 347 g/mol. The van der Waals surface area contributed by atoms with Gasteiger partial charge in [0.2, 0.25) is 0 Å². The van der Waals surface area contributed by atoms with E-state index < -0.39 is 6.10 Å². The maximum atomic E-state index is 13.0. The predicted molar refractivity (Wildman–Crippen MR) is 83.5 cm³/mol. The fourth-order valence-electron chi connectivity index (χ4n) is 1.71. The highest BCUT2D eigenvalue weighted by atomic mass is 79.9. The number of hydrogen-bond donors (Lipinski definition) is 2. The number of nitrogens with one attached hydrogen (secondary N) is 1. The van der Waals surface area contributed by atoms with E-state index in [0.717, 1.165) is 18.5 Å². The smallest absolute Gasteiger partial charge is 0.137 e. The lowest BCUT2D eigenvalue weighted by Gasteiger charge is -2.14. The second-order valence-corrected chi connectivity index (χ2v) is 6.13. The van der Waals surface area contributed by atoms with E-state index in [1.807, 2.05) is 0 Å². The molecule has 0 aromatic heterocycles. The molecule has 0 amide bonds. The van der Waals surface area contributed by atoms with Gasteiger partial charge in [0.1, 0.15) is 5.82 Å². The molecule has 5 heteroatoms. The Morgan fingerprint density at radius 2 is 2.15 bits per heavy atom. The average Bonchev–Trinajstić information content (AvgIpc) is 2.39. The van der Waals surface area contributed by atoms with Crippen LogP contribution in [0.1, 0.15) is 26.7 Å². The number of aliphatic hydroxyl groups is 1. The summed E-state index contributed by atoms with van der Waals surface area (Å²) in [6.45, 7) is 5.73. The first-order valence-corrected chi connectivity index (χ1v) is 7.73. The molecule has 20 heavy (non-hydrogen) atoms. The Kier molecular flexibility index (Phi) is 8.11. The molecule has 0 fully saturated rings. The highest BCUT2D eigenvalue weighted by molar-refractivity contribution is 9.10. The molecule has 1 rings (SSSR count). The molecule has 0 aliphatic heterocycles. The second kappa shape index (κ2) is 9.32. The zero-order valence-electron chi connectivity index (χ0n) is 12.0. The number of halogens is 2. The van der Waals surface area contributed by atoms with Crippen molar-refractivity contribution in [3.8, 4) is 0 Å². The quantitative estimate of drug-likeness (QED) is 0.667. The fraction of sp³-hybridized carbons (Fsp3) is 0.600. The highest BCUT2D eigenvalue weighted by Gasteiger charge is 2.05. The van der Waals surface area contributed by atoms with E-state index in [1.165, 1.54) is 6.07 Å². The van der Waals surface area contributed by atoms with E-state index in [9.17, 15) is 9.50 Å². The number of hydrogen-bond acceptors (Lipinski definition) is 3. The van der Waals surface area contributed by atoms with Crippen LogP contribution in [0.4, 0.5) is 10.1 Å². The zero-order chi connectivity index (χ0) is 15.0. The van der Waals surface area contributed by atoms with Crippen molar-refractivity contribution >= 4 is 21.6 Å². The lowest BCUT2D eigenvalue weighted by molar-refractivity contribution is 0.0409. The van der Waals surface area contributed by atoms with Crippen LogP contribution in [-0.4, -0.2) is 31.0 Å². The van der Waals surface area contributed by atoms with E-state index in [0.29, 0.717) is 30.1 Å². The predicted octanol–water partition coefficient (Wildman–Crippen LogP) is 3.81. The van der Waals surface area contributed by atoms with Crippen LogP contribution in [0.2, 0.25) is 0 Å². The van der Waals surface area contributed by atoms with Gasteiger partial charge in [-0.2, -0.15) is 0 Å². The third kappa shape index (κ3) is 7.22. The van der Waals surface area contributed by atoms with Crippen molar-refractivity contribution in [2.24, 2.45) is 5.92 Å². The molecule has 3 nitrogen and oxygen atoms in total. The van der Waals surface area contributed by atoms with Crippen molar-refractivity contribution in [3.63, 3.8) is 0 Å². The summed E-state index contributed by atoms with van der Waals surface area (Å²) in [6.07, 6.45) is 1.58. The van der Waals surface area contributed by atoms with Crippen LogP contribution in [0.3, 0.4) is 0 Å². The largest absolute Gasteiger partial charge is 0.389 e. The molecule has 0 saturated heterocycles. The first-order chi connectivity index (χ1) is 9.49. The Morgan fingerprint density at radius 1 is 1.40 bits per heavy atom. The van der Waals surface area contributed by atoms with Crippen LogP contribution in [-0.2, 0) is 4.74 Å². The minimum atomic E-state index is -0.571. The summed E-state index contributed by atoms with van der Waals surface area (Å²) in [4.78, 5) is 0. The number of aliphatic hydroxyl groups excluding tert-OH is 1. The molecule has 1 unspecified atom stereocenters. The standard InChI is InChI=1S/C15H23BrFNO2/c1-11(2)4-3-7-20-10-13(19)9-18-12-5-6-15(17)14(16)8-12/h5-6,8,11,13,18-19H,3-4,7,9-10H2,1-2H3. The molecule has 114 valence electrons. The number of anilines is 1. The van der Waals surface area contributed by atoms with Gasteiger partial charge < -0.3 is 15.2 Å². The average molecular weight is 348 g/mol. The van der Waals surface area contributed by atoms with E-state index in [2.05, 4.69) is 35.1 Å². The Labute approximate surface area is 128 Å². The summed E-state index contributed by atoms with van der Waals surface area (Å²) in [5.74, 6) is 0.381. The molecule has 0 aliphatic carbocycles. The Morgan fingerprint density at radius 3 is 2.80 bits per heavy atom. The van der Waals surface area contributed by atoms with Gasteiger partial charge in [0, 0.05) is 18.8 Å². The molecular weight excluding hydrogens is 325 g/mol. The Hall–Kier alpha value is -0.650. The number of ether oxygens (including phenoxy) is 1. The summed E-state index contributed by atoms with van der Waals surface area (Å²) < 4.78 is 18.9. The summed E-state index contributed by atoms with van der Waals surface area (Å²) in [5, 5.41) is 12.8. The molecule has 0 saturated carbocycles. The van der Waals surface area contributed by atoms with Gasteiger partial charge in [-0.05, 0) is 52.9 Å². The summed E-state index contributed by atoms with van der Waals surface area (Å²) >= 11 is 3.12. The Balaban J connectivity index is 2.16. The number of benzene rings is 1. The van der Waals surface area contributed by atoms with Gasteiger partial charge >= 0.3 is 0 Å². The summed E-state index contributed by atoms with van der Waals surface area (Å²) in [7, 11) is 0. The van der Waals surface area contributed by atoms with E-state index in [1.54, 1.807) is 12.1 Å².